The van der Waals surface area contributed by atoms with E-state index in [-0.39, 0.29) is 12.1 Å². The van der Waals surface area contributed by atoms with E-state index in [4.69, 9.17) is 4.74 Å². The minimum absolute atomic E-state index is 0.0419. The molecule has 8 nitrogen and oxygen atoms in total. The molecule has 3 aromatic rings. The zero-order valence-electron chi connectivity index (χ0n) is 24.1. The number of likely N-dealkylation sites (tertiary alicyclic amines) is 1. The van der Waals surface area contributed by atoms with Crippen molar-refractivity contribution in [3.05, 3.63) is 90.0 Å². The quantitative estimate of drug-likeness (QED) is 0.235. The van der Waals surface area contributed by atoms with Gasteiger partial charge in [-0.15, -0.1) is 0 Å². The Morgan fingerprint density at radius 2 is 1.54 bits per heavy atom. The maximum Gasteiger partial charge on any atom is 0.317 e. The summed E-state index contributed by atoms with van der Waals surface area (Å²) < 4.78 is 31.1. The average Bonchev–Trinajstić information content (AvgIpc) is 2.96. The molecule has 1 saturated heterocycles. The van der Waals surface area contributed by atoms with E-state index in [1.165, 1.54) is 5.56 Å². The zero-order chi connectivity index (χ0) is 29.1. The van der Waals surface area contributed by atoms with Crippen LogP contribution in [0.15, 0.2) is 78.9 Å². The summed E-state index contributed by atoms with van der Waals surface area (Å²) in [5, 5.41) is 3.15. The van der Waals surface area contributed by atoms with Gasteiger partial charge in [-0.3, -0.25) is 9.62 Å². The molecule has 0 spiro atoms. The minimum atomic E-state index is -3.31. The molecular weight excluding hydrogens is 536 g/mol. The van der Waals surface area contributed by atoms with E-state index in [2.05, 4.69) is 46.1 Å². The van der Waals surface area contributed by atoms with Crippen LogP contribution in [-0.2, 0) is 23.1 Å². The molecule has 0 unspecified atom stereocenters. The lowest BCUT2D eigenvalue weighted by atomic mass is 10.0. The lowest BCUT2D eigenvalue weighted by Gasteiger charge is -2.38. The van der Waals surface area contributed by atoms with E-state index >= 15 is 0 Å². The number of piperidine rings is 1. The predicted molar refractivity (Wildman–Crippen MR) is 165 cm³/mol. The normalized spacial score (nSPS) is 14.4. The van der Waals surface area contributed by atoms with Crippen molar-refractivity contribution in [2.24, 2.45) is 0 Å². The number of nitrogens with zero attached hydrogens (tertiary/aromatic N) is 2. The van der Waals surface area contributed by atoms with Crippen molar-refractivity contribution in [1.82, 2.24) is 15.1 Å². The number of sulfonamides is 1. The summed E-state index contributed by atoms with van der Waals surface area (Å²) in [6.45, 7) is 6.24. The third-order valence-corrected chi connectivity index (χ3v) is 7.84. The fourth-order valence-corrected chi connectivity index (χ4v) is 5.63. The van der Waals surface area contributed by atoms with Gasteiger partial charge in [-0.25, -0.2) is 13.2 Å². The predicted octanol–water partition coefficient (Wildman–Crippen LogP) is 6.22. The number of carbonyl (C=O) groups is 1. The number of hydrogen-bond donors (Lipinski definition) is 2. The molecule has 1 aliphatic rings. The molecule has 220 valence electrons. The van der Waals surface area contributed by atoms with Crippen molar-refractivity contribution in [3.8, 4) is 11.5 Å². The van der Waals surface area contributed by atoms with Gasteiger partial charge >= 0.3 is 6.03 Å². The van der Waals surface area contributed by atoms with Crippen molar-refractivity contribution in [1.29, 1.82) is 0 Å². The maximum absolute atomic E-state index is 13.2. The number of nitrogens with one attached hydrogen (secondary N) is 2. The van der Waals surface area contributed by atoms with Crippen LogP contribution >= 0.6 is 0 Å². The number of carbonyl (C=O) groups excluding carboxylic acids is 1. The molecule has 41 heavy (non-hydrogen) atoms. The lowest BCUT2D eigenvalue weighted by molar-refractivity contribution is 0.113. The Morgan fingerprint density at radius 3 is 2.15 bits per heavy atom. The summed E-state index contributed by atoms with van der Waals surface area (Å²) in [5.41, 5.74) is 2.86. The molecule has 2 amide bonds. The van der Waals surface area contributed by atoms with Gasteiger partial charge in [0.05, 0.1) is 6.26 Å². The third kappa shape index (κ3) is 10.1. The Bertz CT molecular complexity index is 1320. The SMILES string of the molecule is CCCCCNC(=O)N(Cc1ccccc1)C1CCN(Cc2ccc(Oc3ccc(NS(C)(=O)=O)cc3)cc2)CC1. The number of rotatable bonds is 13. The van der Waals surface area contributed by atoms with Gasteiger partial charge < -0.3 is 15.0 Å². The fraction of sp³-hybridized carbons (Fsp3) is 0.406. The largest absolute Gasteiger partial charge is 0.457 e. The smallest absolute Gasteiger partial charge is 0.317 e. The van der Waals surface area contributed by atoms with Gasteiger partial charge in [0.15, 0.2) is 0 Å². The monoisotopic (exact) mass is 578 g/mol. The second-order valence-corrected chi connectivity index (χ2v) is 12.5. The van der Waals surface area contributed by atoms with E-state index in [1.54, 1.807) is 24.3 Å². The van der Waals surface area contributed by atoms with Gasteiger partial charge in [-0.2, -0.15) is 0 Å². The molecule has 0 aliphatic carbocycles. The van der Waals surface area contributed by atoms with Gasteiger partial charge in [-0.1, -0.05) is 62.2 Å². The highest BCUT2D eigenvalue weighted by Gasteiger charge is 2.28. The summed E-state index contributed by atoms with van der Waals surface area (Å²) >= 11 is 0. The van der Waals surface area contributed by atoms with Gasteiger partial charge in [0.2, 0.25) is 10.0 Å². The number of unbranched alkanes of at least 4 members (excludes halogenated alkanes) is 2. The molecule has 0 radical (unpaired) electrons. The van der Waals surface area contributed by atoms with Crippen LogP contribution in [0.4, 0.5) is 10.5 Å². The van der Waals surface area contributed by atoms with Crippen LogP contribution in [-0.4, -0.2) is 56.2 Å². The second kappa shape index (κ2) is 14.9. The Kier molecular flexibility index (Phi) is 11.0. The molecule has 1 heterocycles. The second-order valence-electron chi connectivity index (χ2n) is 10.7. The lowest BCUT2D eigenvalue weighted by Crippen LogP contribution is -2.50. The van der Waals surface area contributed by atoms with E-state index in [0.29, 0.717) is 18.0 Å². The minimum Gasteiger partial charge on any atom is -0.457 e. The summed E-state index contributed by atoms with van der Waals surface area (Å²) in [5.74, 6) is 1.35. The molecule has 9 heteroatoms. The molecule has 1 fully saturated rings. The first-order chi connectivity index (χ1) is 19.8. The molecule has 0 aromatic heterocycles. The molecular formula is C32H42N4O4S. The van der Waals surface area contributed by atoms with Crippen LogP contribution in [0.2, 0.25) is 0 Å². The van der Waals surface area contributed by atoms with E-state index in [0.717, 1.165) is 75.9 Å². The molecule has 4 rings (SSSR count). The van der Waals surface area contributed by atoms with Gasteiger partial charge in [-0.05, 0) is 66.8 Å². The molecule has 0 saturated carbocycles. The van der Waals surface area contributed by atoms with Crippen LogP contribution in [0.5, 0.6) is 11.5 Å². The first-order valence-electron chi connectivity index (χ1n) is 14.4. The zero-order valence-corrected chi connectivity index (χ0v) is 24.9. The Morgan fingerprint density at radius 1 is 0.902 bits per heavy atom. The molecule has 1 aliphatic heterocycles. The highest BCUT2D eigenvalue weighted by molar-refractivity contribution is 7.92. The number of ether oxygens (including phenoxy) is 1. The fourth-order valence-electron chi connectivity index (χ4n) is 5.07. The number of anilines is 1. The summed E-state index contributed by atoms with van der Waals surface area (Å²) in [4.78, 5) is 17.7. The van der Waals surface area contributed by atoms with Crippen molar-refractivity contribution in [2.45, 2.75) is 58.2 Å². The Hall–Kier alpha value is -3.56. The van der Waals surface area contributed by atoms with Crippen molar-refractivity contribution < 1.29 is 17.9 Å². The van der Waals surface area contributed by atoms with Crippen molar-refractivity contribution >= 4 is 21.7 Å². The first kappa shape index (κ1) is 30.4. The topological polar surface area (TPSA) is 91.0 Å². The highest BCUT2D eigenvalue weighted by atomic mass is 32.2. The van der Waals surface area contributed by atoms with Gasteiger partial charge in [0.25, 0.3) is 0 Å². The average molecular weight is 579 g/mol. The molecule has 2 N–H and O–H groups in total. The number of amides is 2. The standard InChI is InChI=1S/C32H42N4O4S/c1-3-4-8-21-33-32(37)36(25-26-9-6-5-7-10-26)29-19-22-35(23-20-29)24-27-11-15-30(16-12-27)40-31-17-13-28(14-18-31)34-41(2,38)39/h5-7,9-18,29,34H,3-4,8,19-25H2,1-2H3,(H,33,37). The molecule has 3 aromatic carbocycles. The highest BCUT2D eigenvalue weighted by Crippen LogP contribution is 2.25. The van der Waals surface area contributed by atoms with E-state index in [1.807, 2.05) is 35.2 Å². The first-order valence-corrected chi connectivity index (χ1v) is 16.3. The van der Waals surface area contributed by atoms with Crippen molar-refractivity contribution in [3.63, 3.8) is 0 Å². The maximum atomic E-state index is 13.2. The summed E-state index contributed by atoms with van der Waals surface area (Å²) in [7, 11) is -3.31. The van der Waals surface area contributed by atoms with E-state index < -0.39 is 10.0 Å². The van der Waals surface area contributed by atoms with Crippen molar-refractivity contribution in [2.75, 3.05) is 30.6 Å². The van der Waals surface area contributed by atoms with Gasteiger partial charge in [0, 0.05) is 44.5 Å². The van der Waals surface area contributed by atoms with Crippen LogP contribution in [0.3, 0.4) is 0 Å². The van der Waals surface area contributed by atoms with Crippen LogP contribution in [0.1, 0.15) is 50.2 Å². The number of urea groups is 1. The van der Waals surface area contributed by atoms with E-state index in [9.17, 15) is 13.2 Å². The number of hydrogen-bond acceptors (Lipinski definition) is 5. The van der Waals surface area contributed by atoms with Crippen LogP contribution < -0.4 is 14.8 Å². The third-order valence-electron chi connectivity index (χ3n) is 7.23. The summed E-state index contributed by atoms with van der Waals surface area (Å²) in [6.07, 6.45) is 6.29. The van der Waals surface area contributed by atoms with Crippen LogP contribution in [0, 0.1) is 0 Å². The Labute approximate surface area is 244 Å². The van der Waals surface area contributed by atoms with Crippen LogP contribution in [0.25, 0.3) is 0 Å². The summed E-state index contributed by atoms with van der Waals surface area (Å²) in [6, 6.07) is 25.4. The molecule has 0 atom stereocenters. The molecule has 0 bridgehead atoms. The Balaban J connectivity index is 1.28. The van der Waals surface area contributed by atoms with Gasteiger partial charge in [0.1, 0.15) is 11.5 Å². The number of benzene rings is 3.